The van der Waals surface area contributed by atoms with Crippen molar-refractivity contribution in [1.29, 1.82) is 5.26 Å². The van der Waals surface area contributed by atoms with Crippen molar-refractivity contribution in [2.45, 2.75) is 6.04 Å². The van der Waals surface area contributed by atoms with Crippen molar-refractivity contribution in [2.75, 3.05) is 13.2 Å². The molecular formula is C20H14Cl3N5O. The van der Waals surface area contributed by atoms with Crippen molar-refractivity contribution < 1.29 is 4.74 Å². The van der Waals surface area contributed by atoms with E-state index < -0.39 is 0 Å². The summed E-state index contributed by atoms with van der Waals surface area (Å²) in [6, 6.07) is 14.4. The lowest BCUT2D eigenvalue weighted by Crippen LogP contribution is -2.35. The van der Waals surface area contributed by atoms with Crippen molar-refractivity contribution in [3.8, 4) is 23.1 Å². The summed E-state index contributed by atoms with van der Waals surface area (Å²) in [6.07, 6.45) is 1.92. The molecule has 1 fully saturated rings. The highest BCUT2D eigenvalue weighted by atomic mass is 35.5. The molecule has 9 heteroatoms. The Kier molecular flexibility index (Phi) is 5.74. The Morgan fingerprint density at radius 2 is 1.83 bits per heavy atom. The number of ether oxygens (including phenoxy) is 1. The average Bonchev–Trinajstić information content (AvgIpc) is 3.09. The Labute approximate surface area is 182 Å². The Morgan fingerprint density at radius 1 is 1.10 bits per heavy atom. The van der Waals surface area contributed by atoms with E-state index in [0.29, 0.717) is 45.5 Å². The zero-order chi connectivity index (χ0) is 20.4. The third-order valence-electron chi connectivity index (χ3n) is 4.34. The Balaban J connectivity index is 1.87. The van der Waals surface area contributed by atoms with Crippen LogP contribution in [0.5, 0.6) is 0 Å². The molecular weight excluding hydrogens is 433 g/mol. The molecule has 2 heterocycles. The third kappa shape index (κ3) is 4.24. The zero-order valence-electron chi connectivity index (χ0n) is 14.9. The van der Waals surface area contributed by atoms with Gasteiger partial charge in [0.2, 0.25) is 0 Å². The Hall–Kier alpha value is -2.56. The standard InChI is InChI=1S/C20H14Cl3N5O/c21-13-3-1-12(2-4-13)19-8-17(20(25-11-24)26-15-9-29-10-15)27-28(19)18-6-5-14(22)7-16(18)23/h1-8,15H,9-10H2,(H,25,26). The molecule has 0 bridgehead atoms. The van der Waals surface area contributed by atoms with Crippen molar-refractivity contribution in [3.63, 3.8) is 0 Å². The third-order valence-corrected chi connectivity index (χ3v) is 5.13. The first-order valence-electron chi connectivity index (χ1n) is 8.67. The highest BCUT2D eigenvalue weighted by Gasteiger charge is 2.22. The molecule has 2 aromatic carbocycles. The Morgan fingerprint density at radius 3 is 2.45 bits per heavy atom. The van der Waals surface area contributed by atoms with Gasteiger partial charge in [0.1, 0.15) is 5.69 Å². The number of amidine groups is 1. The molecule has 0 aliphatic carbocycles. The molecule has 0 amide bonds. The predicted octanol–water partition coefficient (Wildman–Crippen LogP) is 4.72. The molecule has 1 aromatic heterocycles. The van der Waals surface area contributed by atoms with E-state index in [1.165, 1.54) is 0 Å². The van der Waals surface area contributed by atoms with Crippen LogP contribution in [0.1, 0.15) is 5.69 Å². The number of nitrogens with one attached hydrogen (secondary N) is 1. The second-order valence-corrected chi connectivity index (χ2v) is 7.62. The molecule has 6 nitrogen and oxygen atoms in total. The van der Waals surface area contributed by atoms with Gasteiger partial charge in [0.25, 0.3) is 0 Å². The minimum Gasteiger partial charge on any atom is -0.377 e. The number of hydrogen-bond acceptors (Lipinski definition) is 4. The number of nitriles is 1. The highest BCUT2D eigenvalue weighted by Crippen LogP contribution is 2.30. The van der Waals surface area contributed by atoms with Gasteiger partial charge in [0, 0.05) is 15.6 Å². The minimum absolute atomic E-state index is 0.00546. The summed E-state index contributed by atoms with van der Waals surface area (Å²) >= 11 is 18.5. The molecule has 1 N–H and O–H groups in total. The maximum absolute atomic E-state index is 9.16. The molecule has 1 aliphatic rings. The summed E-state index contributed by atoms with van der Waals surface area (Å²) < 4.78 is 6.87. The van der Waals surface area contributed by atoms with Crippen LogP contribution in [-0.4, -0.2) is 34.9 Å². The predicted molar refractivity (Wildman–Crippen MR) is 114 cm³/mol. The van der Waals surface area contributed by atoms with Gasteiger partial charge in [-0.3, -0.25) is 10.3 Å². The van der Waals surface area contributed by atoms with Gasteiger partial charge in [-0.1, -0.05) is 46.9 Å². The van der Waals surface area contributed by atoms with Crippen LogP contribution in [0, 0.1) is 11.5 Å². The van der Waals surface area contributed by atoms with Crippen LogP contribution in [-0.2, 0) is 4.74 Å². The topological polar surface area (TPSA) is 75.2 Å². The lowest BCUT2D eigenvalue weighted by Gasteiger charge is -2.22. The number of hydrogen-bond donors (Lipinski definition) is 1. The van der Waals surface area contributed by atoms with Crippen molar-refractivity contribution in [2.24, 2.45) is 4.99 Å². The quantitative estimate of drug-likeness (QED) is 0.272. The summed E-state index contributed by atoms with van der Waals surface area (Å²) in [4.78, 5) is 4.54. The first-order valence-corrected chi connectivity index (χ1v) is 9.81. The molecule has 1 saturated heterocycles. The van der Waals surface area contributed by atoms with Gasteiger partial charge < -0.3 is 4.74 Å². The molecule has 4 rings (SSSR count). The van der Waals surface area contributed by atoms with Crippen LogP contribution in [0.15, 0.2) is 53.5 Å². The van der Waals surface area contributed by atoms with Gasteiger partial charge in [0.05, 0.1) is 35.7 Å². The maximum Gasteiger partial charge on any atom is 0.182 e. The fraction of sp³-hybridized carbons (Fsp3) is 0.150. The summed E-state index contributed by atoms with van der Waals surface area (Å²) in [5.74, 6) is 0.375. The van der Waals surface area contributed by atoms with Gasteiger partial charge in [0.15, 0.2) is 12.0 Å². The zero-order valence-corrected chi connectivity index (χ0v) is 17.2. The fourth-order valence-electron chi connectivity index (χ4n) is 2.86. The molecule has 0 unspecified atom stereocenters. The lowest BCUT2D eigenvalue weighted by molar-refractivity contribution is 0.0132. The van der Waals surface area contributed by atoms with E-state index in [9.17, 15) is 0 Å². The summed E-state index contributed by atoms with van der Waals surface area (Å²) in [5.41, 5.74) is 2.80. The van der Waals surface area contributed by atoms with E-state index in [1.54, 1.807) is 35.0 Å². The SMILES string of the molecule is N#CNC(=NC1COC1)c1cc(-c2ccc(Cl)cc2)n(-c2ccc(Cl)cc2Cl)n1. The van der Waals surface area contributed by atoms with E-state index in [-0.39, 0.29) is 6.04 Å². The van der Waals surface area contributed by atoms with Crippen LogP contribution >= 0.6 is 34.8 Å². The van der Waals surface area contributed by atoms with E-state index in [0.717, 1.165) is 11.3 Å². The second-order valence-electron chi connectivity index (χ2n) is 6.34. The number of nitrogens with zero attached hydrogens (tertiary/aromatic N) is 4. The molecule has 0 spiro atoms. The van der Waals surface area contributed by atoms with Gasteiger partial charge in [-0.2, -0.15) is 10.4 Å². The minimum atomic E-state index is -0.00546. The van der Waals surface area contributed by atoms with Crippen molar-refractivity contribution in [1.82, 2.24) is 15.1 Å². The number of rotatable bonds is 4. The summed E-state index contributed by atoms with van der Waals surface area (Å²) in [7, 11) is 0. The van der Waals surface area contributed by atoms with E-state index in [4.69, 9.17) is 44.8 Å². The smallest absolute Gasteiger partial charge is 0.182 e. The van der Waals surface area contributed by atoms with Gasteiger partial charge in [-0.15, -0.1) is 0 Å². The molecule has 29 heavy (non-hydrogen) atoms. The summed E-state index contributed by atoms with van der Waals surface area (Å²) in [6.45, 7) is 1.04. The largest absolute Gasteiger partial charge is 0.377 e. The van der Waals surface area contributed by atoms with Crippen LogP contribution < -0.4 is 5.32 Å². The van der Waals surface area contributed by atoms with Crippen LogP contribution in [0.3, 0.4) is 0 Å². The molecule has 1 aliphatic heterocycles. The van der Waals surface area contributed by atoms with Crippen molar-refractivity contribution in [3.05, 3.63) is 69.3 Å². The number of aromatic nitrogens is 2. The number of halogens is 3. The second kappa shape index (κ2) is 8.44. The van der Waals surface area contributed by atoms with E-state index in [2.05, 4.69) is 15.4 Å². The Bertz CT molecular complexity index is 1110. The number of aliphatic imine (C=N–C) groups is 1. The maximum atomic E-state index is 9.16. The normalized spacial score (nSPS) is 14.3. The molecule has 0 atom stereocenters. The molecule has 3 aromatic rings. The summed E-state index contributed by atoms with van der Waals surface area (Å²) in [5, 5.41) is 18.1. The van der Waals surface area contributed by atoms with Crippen molar-refractivity contribution >= 4 is 40.6 Å². The van der Waals surface area contributed by atoms with Gasteiger partial charge in [-0.25, -0.2) is 4.68 Å². The molecule has 0 saturated carbocycles. The fourth-order valence-corrected chi connectivity index (χ4v) is 3.47. The van der Waals surface area contributed by atoms with Gasteiger partial charge in [-0.05, 0) is 36.4 Å². The lowest BCUT2D eigenvalue weighted by atomic mass is 10.1. The monoisotopic (exact) mass is 445 g/mol. The van der Waals surface area contributed by atoms with E-state index in [1.807, 2.05) is 24.4 Å². The number of benzene rings is 2. The first kappa shape index (κ1) is 19.7. The van der Waals surface area contributed by atoms with Crippen LogP contribution in [0.2, 0.25) is 15.1 Å². The van der Waals surface area contributed by atoms with Gasteiger partial charge >= 0.3 is 0 Å². The molecule has 0 radical (unpaired) electrons. The van der Waals surface area contributed by atoms with E-state index >= 15 is 0 Å². The average molecular weight is 447 g/mol. The van der Waals surface area contributed by atoms with Crippen LogP contribution in [0.4, 0.5) is 0 Å². The molecule has 146 valence electrons. The first-order chi connectivity index (χ1) is 14.0. The van der Waals surface area contributed by atoms with Crippen LogP contribution in [0.25, 0.3) is 16.9 Å². The highest BCUT2D eigenvalue weighted by molar-refractivity contribution is 6.35.